The highest BCUT2D eigenvalue weighted by Gasteiger charge is 2.18. The van der Waals surface area contributed by atoms with Crippen molar-refractivity contribution in [3.8, 4) is 0 Å². The molecular formula is C13H18IN. The molecule has 1 aromatic carbocycles. The SMILES string of the molecule is CN(c1ccccc1/C=C\I)C(C)(C)C. The van der Waals surface area contributed by atoms with Crippen LogP contribution < -0.4 is 4.90 Å². The fraction of sp³-hybridized carbons (Fsp3) is 0.385. The second-order valence-corrected chi connectivity index (χ2v) is 5.30. The highest BCUT2D eigenvalue weighted by atomic mass is 127. The Morgan fingerprint density at radius 1 is 1.20 bits per heavy atom. The molecule has 1 aromatic rings. The molecule has 0 atom stereocenters. The topological polar surface area (TPSA) is 3.24 Å². The van der Waals surface area contributed by atoms with Crippen molar-refractivity contribution in [3.05, 3.63) is 33.9 Å². The molecule has 0 amide bonds. The van der Waals surface area contributed by atoms with Gasteiger partial charge in [0.1, 0.15) is 0 Å². The van der Waals surface area contributed by atoms with Gasteiger partial charge in [0.2, 0.25) is 0 Å². The molecule has 0 aliphatic heterocycles. The lowest BCUT2D eigenvalue weighted by atomic mass is 10.0. The summed E-state index contributed by atoms with van der Waals surface area (Å²) in [6, 6.07) is 8.47. The minimum absolute atomic E-state index is 0.148. The number of hydrogen-bond donors (Lipinski definition) is 0. The van der Waals surface area contributed by atoms with Gasteiger partial charge in [-0.3, -0.25) is 0 Å². The molecule has 0 unspecified atom stereocenters. The fourth-order valence-corrected chi connectivity index (χ4v) is 1.75. The van der Waals surface area contributed by atoms with E-state index < -0.39 is 0 Å². The average molecular weight is 315 g/mol. The number of para-hydroxylation sites is 1. The van der Waals surface area contributed by atoms with Crippen molar-refractivity contribution in [2.75, 3.05) is 11.9 Å². The molecule has 0 radical (unpaired) electrons. The van der Waals surface area contributed by atoms with Crippen LogP contribution in [0.15, 0.2) is 28.3 Å². The fourth-order valence-electron chi connectivity index (χ4n) is 1.36. The molecule has 0 fully saturated rings. The van der Waals surface area contributed by atoms with Crippen LogP contribution in [0.5, 0.6) is 0 Å². The Hall–Kier alpha value is -0.510. The van der Waals surface area contributed by atoms with Gasteiger partial charge in [0, 0.05) is 18.3 Å². The van der Waals surface area contributed by atoms with Crippen LogP contribution in [0.3, 0.4) is 0 Å². The number of hydrogen-bond acceptors (Lipinski definition) is 1. The molecule has 15 heavy (non-hydrogen) atoms. The summed E-state index contributed by atoms with van der Waals surface area (Å²) in [5, 5.41) is 0. The van der Waals surface area contributed by atoms with Crippen molar-refractivity contribution < 1.29 is 0 Å². The van der Waals surface area contributed by atoms with Crippen LogP contribution in [0.1, 0.15) is 26.3 Å². The molecule has 0 saturated heterocycles. The van der Waals surface area contributed by atoms with Gasteiger partial charge in [0.05, 0.1) is 0 Å². The molecule has 0 heterocycles. The Bertz CT molecular complexity index is 350. The Morgan fingerprint density at radius 2 is 1.80 bits per heavy atom. The number of anilines is 1. The van der Waals surface area contributed by atoms with Gasteiger partial charge in [-0.15, -0.1) is 0 Å². The summed E-state index contributed by atoms with van der Waals surface area (Å²) in [7, 11) is 2.14. The van der Waals surface area contributed by atoms with E-state index in [-0.39, 0.29) is 5.54 Å². The van der Waals surface area contributed by atoms with E-state index in [1.54, 1.807) is 0 Å². The van der Waals surface area contributed by atoms with Crippen LogP contribution in [-0.4, -0.2) is 12.6 Å². The number of nitrogens with zero attached hydrogens (tertiary/aromatic N) is 1. The van der Waals surface area contributed by atoms with Crippen molar-refractivity contribution in [2.24, 2.45) is 0 Å². The van der Waals surface area contributed by atoms with Crippen LogP contribution in [0.2, 0.25) is 0 Å². The van der Waals surface area contributed by atoms with Crippen LogP contribution in [0.4, 0.5) is 5.69 Å². The molecule has 0 N–H and O–H groups in total. The summed E-state index contributed by atoms with van der Waals surface area (Å²) in [6.07, 6.45) is 2.14. The van der Waals surface area contributed by atoms with Gasteiger partial charge in [-0.25, -0.2) is 0 Å². The molecule has 1 nitrogen and oxygen atoms in total. The Balaban J connectivity index is 3.13. The van der Waals surface area contributed by atoms with Crippen molar-refractivity contribution in [2.45, 2.75) is 26.3 Å². The Labute approximate surface area is 106 Å². The largest absolute Gasteiger partial charge is 0.369 e. The van der Waals surface area contributed by atoms with E-state index in [1.165, 1.54) is 11.3 Å². The van der Waals surface area contributed by atoms with Gasteiger partial charge in [-0.1, -0.05) is 40.8 Å². The van der Waals surface area contributed by atoms with Crippen molar-refractivity contribution >= 4 is 34.4 Å². The molecular weight excluding hydrogens is 297 g/mol. The zero-order chi connectivity index (χ0) is 11.5. The molecule has 0 saturated carbocycles. The lowest BCUT2D eigenvalue weighted by Gasteiger charge is -2.35. The van der Waals surface area contributed by atoms with Gasteiger partial charge in [0.25, 0.3) is 0 Å². The second kappa shape index (κ2) is 5.01. The van der Waals surface area contributed by atoms with E-state index in [1.807, 2.05) is 4.08 Å². The van der Waals surface area contributed by atoms with E-state index in [9.17, 15) is 0 Å². The highest BCUT2D eigenvalue weighted by Crippen LogP contribution is 2.26. The molecule has 0 aliphatic rings. The smallest absolute Gasteiger partial charge is 0.0441 e. The van der Waals surface area contributed by atoms with Gasteiger partial charge in [0.15, 0.2) is 0 Å². The lowest BCUT2D eigenvalue weighted by molar-refractivity contribution is 0.538. The standard InChI is InChI=1S/C13H18IN/c1-13(2,3)15(4)12-8-6-5-7-11(12)9-10-14/h5-10H,1-4H3/b10-9-. The first-order valence-electron chi connectivity index (χ1n) is 5.06. The Kier molecular flexibility index (Phi) is 4.20. The minimum Gasteiger partial charge on any atom is -0.369 e. The van der Waals surface area contributed by atoms with Crippen LogP contribution in [-0.2, 0) is 0 Å². The number of halogens is 1. The third-order valence-electron chi connectivity index (χ3n) is 2.55. The van der Waals surface area contributed by atoms with Crippen LogP contribution in [0.25, 0.3) is 6.08 Å². The highest BCUT2D eigenvalue weighted by molar-refractivity contribution is 14.1. The number of benzene rings is 1. The summed E-state index contributed by atoms with van der Waals surface area (Å²) in [6.45, 7) is 6.66. The summed E-state index contributed by atoms with van der Waals surface area (Å²) < 4.78 is 2.05. The maximum Gasteiger partial charge on any atom is 0.0441 e. The first-order valence-corrected chi connectivity index (χ1v) is 6.31. The predicted molar refractivity (Wildman–Crippen MR) is 77.7 cm³/mol. The number of rotatable bonds is 2. The normalized spacial score (nSPS) is 12.1. The third kappa shape index (κ3) is 3.23. The van der Waals surface area contributed by atoms with Gasteiger partial charge in [-0.05, 0) is 42.6 Å². The maximum absolute atomic E-state index is 2.30. The van der Waals surface area contributed by atoms with E-state index >= 15 is 0 Å². The summed E-state index contributed by atoms with van der Waals surface area (Å²) >= 11 is 2.25. The zero-order valence-corrected chi connectivity index (χ0v) is 11.9. The van der Waals surface area contributed by atoms with Gasteiger partial charge in [-0.2, -0.15) is 0 Å². The van der Waals surface area contributed by atoms with Crippen molar-refractivity contribution in [1.29, 1.82) is 0 Å². The molecule has 0 bridgehead atoms. The lowest BCUT2D eigenvalue weighted by Crippen LogP contribution is -2.38. The molecule has 2 heteroatoms. The minimum atomic E-state index is 0.148. The third-order valence-corrected chi connectivity index (χ3v) is 2.91. The van der Waals surface area contributed by atoms with Gasteiger partial charge >= 0.3 is 0 Å². The Morgan fingerprint density at radius 3 is 2.33 bits per heavy atom. The predicted octanol–water partition coefficient (Wildman–Crippen LogP) is 4.33. The van der Waals surface area contributed by atoms with Crippen LogP contribution in [0, 0.1) is 0 Å². The quantitative estimate of drug-likeness (QED) is 0.734. The maximum atomic E-state index is 2.30. The van der Waals surface area contributed by atoms with Gasteiger partial charge < -0.3 is 4.90 Å². The first kappa shape index (κ1) is 12.6. The molecule has 0 spiro atoms. The molecule has 1 rings (SSSR count). The second-order valence-electron chi connectivity index (χ2n) is 4.58. The van der Waals surface area contributed by atoms with Crippen molar-refractivity contribution in [3.63, 3.8) is 0 Å². The molecule has 0 aliphatic carbocycles. The van der Waals surface area contributed by atoms with Crippen LogP contribution >= 0.6 is 22.6 Å². The summed E-state index contributed by atoms with van der Waals surface area (Å²) in [4.78, 5) is 2.30. The van der Waals surface area contributed by atoms with E-state index in [4.69, 9.17) is 0 Å². The average Bonchev–Trinajstić information content (AvgIpc) is 2.17. The summed E-state index contributed by atoms with van der Waals surface area (Å²) in [5.41, 5.74) is 2.69. The summed E-state index contributed by atoms with van der Waals surface area (Å²) in [5.74, 6) is 0. The van der Waals surface area contributed by atoms with Crippen molar-refractivity contribution in [1.82, 2.24) is 0 Å². The van der Waals surface area contributed by atoms with E-state index in [0.29, 0.717) is 0 Å². The zero-order valence-electron chi connectivity index (χ0n) is 9.79. The molecule has 82 valence electrons. The van der Waals surface area contributed by atoms with E-state index in [0.717, 1.165) is 0 Å². The van der Waals surface area contributed by atoms with E-state index in [2.05, 4.69) is 85.7 Å². The molecule has 0 aromatic heterocycles. The first-order chi connectivity index (χ1) is 6.96. The monoisotopic (exact) mass is 315 g/mol.